The van der Waals surface area contributed by atoms with Gasteiger partial charge in [0.25, 0.3) is 0 Å². The van der Waals surface area contributed by atoms with E-state index in [1.165, 1.54) is 37.1 Å². The maximum atomic E-state index is 6.26. The Balaban J connectivity index is 1.67. The standard InChI is InChI=1S/C17H26N2/c1-2-13-5-7-15(8-6-13)16-9-17(18)12-19(11-16)10-14-3-4-14/h5-8,14,16-17H,2-4,9-12,18H2,1H3. The molecule has 0 spiro atoms. The lowest BCUT2D eigenvalue weighted by molar-refractivity contribution is 0.182. The molecule has 2 fully saturated rings. The molecule has 19 heavy (non-hydrogen) atoms. The number of hydrogen-bond acceptors (Lipinski definition) is 2. The van der Waals surface area contributed by atoms with Crippen molar-refractivity contribution in [3.63, 3.8) is 0 Å². The summed E-state index contributed by atoms with van der Waals surface area (Å²) >= 11 is 0. The zero-order valence-corrected chi connectivity index (χ0v) is 12.0. The highest BCUT2D eigenvalue weighted by Gasteiger charge is 2.30. The van der Waals surface area contributed by atoms with E-state index in [9.17, 15) is 0 Å². The predicted octanol–water partition coefficient (Wildman–Crippen LogP) is 2.78. The molecule has 1 aromatic rings. The van der Waals surface area contributed by atoms with E-state index < -0.39 is 0 Å². The zero-order chi connectivity index (χ0) is 13.2. The Morgan fingerprint density at radius 1 is 1.16 bits per heavy atom. The fourth-order valence-corrected chi connectivity index (χ4v) is 3.31. The smallest absolute Gasteiger partial charge is 0.0174 e. The molecule has 2 heteroatoms. The quantitative estimate of drug-likeness (QED) is 0.900. The second-order valence-corrected chi connectivity index (χ2v) is 6.45. The number of nitrogens with zero attached hydrogens (tertiary/aromatic N) is 1. The molecule has 1 saturated carbocycles. The number of aryl methyl sites for hydroxylation is 1. The molecule has 104 valence electrons. The fourth-order valence-electron chi connectivity index (χ4n) is 3.31. The Morgan fingerprint density at radius 2 is 1.89 bits per heavy atom. The lowest BCUT2D eigenvalue weighted by Crippen LogP contribution is -2.46. The number of benzene rings is 1. The summed E-state index contributed by atoms with van der Waals surface area (Å²) in [6.07, 6.45) is 5.13. The van der Waals surface area contributed by atoms with Gasteiger partial charge in [0.1, 0.15) is 0 Å². The maximum absolute atomic E-state index is 6.26. The van der Waals surface area contributed by atoms with E-state index in [1.54, 1.807) is 0 Å². The van der Waals surface area contributed by atoms with Crippen molar-refractivity contribution in [2.75, 3.05) is 19.6 Å². The van der Waals surface area contributed by atoms with Crippen LogP contribution in [0.25, 0.3) is 0 Å². The largest absolute Gasteiger partial charge is 0.327 e. The first-order chi connectivity index (χ1) is 9.24. The van der Waals surface area contributed by atoms with Crippen LogP contribution in [0, 0.1) is 5.92 Å². The van der Waals surface area contributed by atoms with Gasteiger partial charge in [0.05, 0.1) is 0 Å². The second kappa shape index (κ2) is 5.64. The third-order valence-electron chi connectivity index (χ3n) is 4.63. The van der Waals surface area contributed by atoms with Gasteiger partial charge in [-0.2, -0.15) is 0 Å². The molecule has 2 nitrogen and oxygen atoms in total. The monoisotopic (exact) mass is 258 g/mol. The SMILES string of the molecule is CCc1ccc(C2CC(N)CN(CC3CC3)C2)cc1. The molecule has 1 aliphatic heterocycles. The van der Waals surface area contributed by atoms with E-state index in [-0.39, 0.29) is 0 Å². The van der Waals surface area contributed by atoms with Gasteiger partial charge in [-0.15, -0.1) is 0 Å². The Morgan fingerprint density at radius 3 is 2.53 bits per heavy atom. The van der Waals surface area contributed by atoms with E-state index in [1.807, 2.05) is 0 Å². The van der Waals surface area contributed by atoms with Crippen LogP contribution in [0.1, 0.15) is 43.2 Å². The predicted molar refractivity (Wildman–Crippen MR) is 80.3 cm³/mol. The van der Waals surface area contributed by atoms with Gasteiger partial charge in [0, 0.05) is 25.7 Å². The van der Waals surface area contributed by atoms with E-state index in [2.05, 4.69) is 36.1 Å². The Bertz CT molecular complexity index is 406. The number of nitrogens with two attached hydrogens (primary N) is 1. The lowest BCUT2D eigenvalue weighted by atomic mass is 9.87. The molecule has 0 aromatic heterocycles. The molecule has 0 bridgehead atoms. The van der Waals surface area contributed by atoms with Crippen molar-refractivity contribution in [3.05, 3.63) is 35.4 Å². The highest BCUT2D eigenvalue weighted by atomic mass is 15.2. The van der Waals surface area contributed by atoms with Gasteiger partial charge in [-0.3, -0.25) is 0 Å². The molecule has 2 N–H and O–H groups in total. The van der Waals surface area contributed by atoms with Crippen molar-refractivity contribution < 1.29 is 0 Å². The van der Waals surface area contributed by atoms with Gasteiger partial charge in [-0.05, 0) is 48.6 Å². The van der Waals surface area contributed by atoms with Crippen LogP contribution in [0.5, 0.6) is 0 Å². The third-order valence-corrected chi connectivity index (χ3v) is 4.63. The third kappa shape index (κ3) is 3.37. The molecule has 1 aliphatic carbocycles. The van der Waals surface area contributed by atoms with E-state index in [0.29, 0.717) is 12.0 Å². The molecule has 0 amide bonds. The minimum atomic E-state index is 0.350. The van der Waals surface area contributed by atoms with Crippen LogP contribution in [0.15, 0.2) is 24.3 Å². The molecule has 1 saturated heterocycles. The van der Waals surface area contributed by atoms with E-state index in [4.69, 9.17) is 5.73 Å². The summed E-state index contributed by atoms with van der Waals surface area (Å²) in [5, 5.41) is 0. The molecular weight excluding hydrogens is 232 g/mol. The highest BCUT2D eigenvalue weighted by molar-refractivity contribution is 5.26. The molecule has 0 radical (unpaired) electrons. The molecule has 1 aromatic carbocycles. The van der Waals surface area contributed by atoms with Gasteiger partial charge in [0.2, 0.25) is 0 Å². The van der Waals surface area contributed by atoms with Gasteiger partial charge in [-0.25, -0.2) is 0 Å². The van der Waals surface area contributed by atoms with Crippen molar-refractivity contribution >= 4 is 0 Å². The number of rotatable bonds is 4. The highest BCUT2D eigenvalue weighted by Crippen LogP contribution is 2.33. The molecular formula is C17H26N2. The summed E-state index contributed by atoms with van der Waals surface area (Å²) in [6.45, 7) is 5.79. The van der Waals surface area contributed by atoms with Crippen molar-refractivity contribution in [2.45, 2.75) is 44.6 Å². The van der Waals surface area contributed by atoms with Crippen LogP contribution in [-0.2, 0) is 6.42 Å². The van der Waals surface area contributed by atoms with Gasteiger partial charge in [0.15, 0.2) is 0 Å². The van der Waals surface area contributed by atoms with Gasteiger partial charge < -0.3 is 10.6 Å². The summed E-state index contributed by atoms with van der Waals surface area (Å²) in [7, 11) is 0. The van der Waals surface area contributed by atoms with Crippen LogP contribution in [-0.4, -0.2) is 30.6 Å². The molecule has 1 heterocycles. The topological polar surface area (TPSA) is 29.3 Å². The lowest BCUT2D eigenvalue weighted by Gasteiger charge is -2.36. The van der Waals surface area contributed by atoms with E-state index >= 15 is 0 Å². The first-order valence-corrected chi connectivity index (χ1v) is 7.81. The minimum absolute atomic E-state index is 0.350. The number of likely N-dealkylation sites (tertiary alicyclic amines) is 1. The number of piperidine rings is 1. The number of hydrogen-bond donors (Lipinski definition) is 1. The van der Waals surface area contributed by atoms with Crippen LogP contribution in [0.2, 0.25) is 0 Å². The summed E-state index contributed by atoms with van der Waals surface area (Å²) < 4.78 is 0. The van der Waals surface area contributed by atoms with Crippen LogP contribution in [0.3, 0.4) is 0 Å². The zero-order valence-electron chi connectivity index (χ0n) is 12.0. The summed E-state index contributed by atoms with van der Waals surface area (Å²) in [6, 6.07) is 9.54. The van der Waals surface area contributed by atoms with Crippen molar-refractivity contribution in [3.8, 4) is 0 Å². The van der Waals surface area contributed by atoms with Gasteiger partial charge in [-0.1, -0.05) is 31.2 Å². The summed E-state index contributed by atoms with van der Waals surface area (Å²) in [5.41, 5.74) is 9.17. The van der Waals surface area contributed by atoms with Crippen LogP contribution < -0.4 is 5.73 Å². The maximum Gasteiger partial charge on any atom is 0.0174 e. The average molecular weight is 258 g/mol. The van der Waals surface area contributed by atoms with Crippen molar-refractivity contribution in [1.29, 1.82) is 0 Å². The molecule has 2 atom stereocenters. The molecule has 2 unspecified atom stereocenters. The van der Waals surface area contributed by atoms with Crippen LogP contribution >= 0.6 is 0 Å². The summed E-state index contributed by atoms with van der Waals surface area (Å²) in [4.78, 5) is 2.60. The minimum Gasteiger partial charge on any atom is -0.327 e. The Kier molecular flexibility index (Phi) is 3.90. The first kappa shape index (κ1) is 13.1. The average Bonchev–Trinajstić information content (AvgIpc) is 3.22. The Labute approximate surface area is 117 Å². The summed E-state index contributed by atoms with van der Waals surface area (Å²) in [5.74, 6) is 1.60. The van der Waals surface area contributed by atoms with Crippen molar-refractivity contribution in [2.24, 2.45) is 11.7 Å². The van der Waals surface area contributed by atoms with Crippen molar-refractivity contribution in [1.82, 2.24) is 4.90 Å². The molecule has 2 aliphatic rings. The Hall–Kier alpha value is -0.860. The van der Waals surface area contributed by atoms with E-state index in [0.717, 1.165) is 25.3 Å². The van der Waals surface area contributed by atoms with Crippen LogP contribution in [0.4, 0.5) is 0 Å². The normalized spacial score (nSPS) is 28.5. The molecule has 3 rings (SSSR count). The fraction of sp³-hybridized carbons (Fsp3) is 0.647. The van der Waals surface area contributed by atoms with Gasteiger partial charge >= 0.3 is 0 Å². The first-order valence-electron chi connectivity index (χ1n) is 7.81. The second-order valence-electron chi connectivity index (χ2n) is 6.45.